The normalized spacial score (nSPS) is 25.4. The smallest absolute Gasteiger partial charge is 0.125 e. The van der Waals surface area contributed by atoms with Crippen molar-refractivity contribution in [2.45, 2.75) is 31.8 Å². The highest BCUT2D eigenvalue weighted by Gasteiger charge is 2.32. The van der Waals surface area contributed by atoms with E-state index in [1.807, 2.05) is 12.4 Å². The van der Waals surface area contributed by atoms with Crippen LogP contribution in [0.4, 0.5) is 0 Å². The molecule has 0 aromatic carbocycles. The number of nitrogens with zero attached hydrogens (tertiary/aromatic N) is 2. The minimum atomic E-state index is 0.764. The number of nitrogens with one attached hydrogen (secondary N) is 1. The molecule has 3 heteroatoms. The molecule has 3 rings (SSSR count). The SMILES string of the molecule is C1=C2CCC(C1)N2Cc1ncc[nH]1. The Hall–Kier alpha value is -1.25. The summed E-state index contributed by atoms with van der Waals surface area (Å²) in [5.41, 5.74) is 1.53. The fraction of sp³-hybridized carbons (Fsp3) is 0.500. The largest absolute Gasteiger partial charge is 0.364 e. The number of fused-ring (bicyclic) bond motifs is 2. The van der Waals surface area contributed by atoms with Crippen molar-refractivity contribution in [3.8, 4) is 0 Å². The Morgan fingerprint density at radius 2 is 2.62 bits per heavy atom. The molecule has 0 radical (unpaired) electrons. The lowest BCUT2D eigenvalue weighted by Crippen LogP contribution is -2.23. The summed E-state index contributed by atoms with van der Waals surface area (Å²) in [4.78, 5) is 9.89. The summed E-state index contributed by atoms with van der Waals surface area (Å²) in [5, 5.41) is 0. The molecule has 0 amide bonds. The van der Waals surface area contributed by atoms with Crippen LogP contribution in [0, 0.1) is 0 Å². The minimum absolute atomic E-state index is 0.764. The van der Waals surface area contributed by atoms with E-state index in [1.165, 1.54) is 25.0 Å². The average molecular weight is 175 g/mol. The van der Waals surface area contributed by atoms with Gasteiger partial charge in [0.25, 0.3) is 0 Å². The second kappa shape index (κ2) is 2.62. The quantitative estimate of drug-likeness (QED) is 0.741. The Balaban J connectivity index is 1.78. The highest BCUT2D eigenvalue weighted by atomic mass is 15.2. The van der Waals surface area contributed by atoms with Crippen molar-refractivity contribution in [3.05, 3.63) is 30.0 Å². The number of hydrogen-bond acceptors (Lipinski definition) is 2. The molecule has 1 unspecified atom stereocenters. The first kappa shape index (κ1) is 7.18. The van der Waals surface area contributed by atoms with Crippen molar-refractivity contribution in [1.82, 2.24) is 14.9 Å². The predicted molar refractivity (Wildman–Crippen MR) is 49.9 cm³/mol. The number of hydrogen-bond donors (Lipinski definition) is 1. The van der Waals surface area contributed by atoms with E-state index in [2.05, 4.69) is 20.9 Å². The summed E-state index contributed by atoms with van der Waals surface area (Å²) in [6, 6.07) is 0.764. The predicted octanol–water partition coefficient (Wildman–Crippen LogP) is 1.66. The molecular weight excluding hydrogens is 162 g/mol. The number of H-pyrrole nitrogens is 1. The summed E-state index contributed by atoms with van der Waals surface area (Å²) < 4.78 is 0. The lowest BCUT2D eigenvalue weighted by atomic mass is 10.1. The van der Waals surface area contributed by atoms with Gasteiger partial charge in [0.05, 0.1) is 6.54 Å². The topological polar surface area (TPSA) is 31.9 Å². The van der Waals surface area contributed by atoms with Gasteiger partial charge in [-0.25, -0.2) is 4.98 Å². The maximum absolute atomic E-state index is 4.25. The third-order valence-electron chi connectivity index (χ3n) is 3.04. The highest BCUT2D eigenvalue weighted by molar-refractivity contribution is 5.17. The summed E-state index contributed by atoms with van der Waals surface area (Å²) >= 11 is 0. The van der Waals surface area contributed by atoms with E-state index in [1.54, 1.807) is 0 Å². The fourth-order valence-electron chi connectivity index (χ4n) is 2.36. The molecule has 2 aliphatic heterocycles. The maximum atomic E-state index is 4.25. The second-order valence-corrected chi connectivity index (χ2v) is 3.79. The van der Waals surface area contributed by atoms with Crippen LogP contribution in [-0.4, -0.2) is 20.9 Å². The number of rotatable bonds is 2. The van der Waals surface area contributed by atoms with Gasteiger partial charge in [0.1, 0.15) is 5.82 Å². The van der Waals surface area contributed by atoms with Gasteiger partial charge in [0.15, 0.2) is 0 Å². The third kappa shape index (κ3) is 1.07. The van der Waals surface area contributed by atoms with E-state index in [0.29, 0.717) is 0 Å². The molecule has 2 bridgehead atoms. The Kier molecular flexibility index (Phi) is 1.45. The van der Waals surface area contributed by atoms with Crippen LogP contribution in [0.5, 0.6) is 0 Å². The van der Waals surface area contributed by atoms with Gasteiger partial charge in [-0.1, -0.05) is 6.08 Å². The Bertz CT molecular complexity index is 326. The van der Waals surface area contributed by atoms with Crippen LogP contribution < -0.4 is 0 Å². The van der Waals surface area contributed by atoms with Gasteiger partial charge in [0, 0.05) is 24.1 Å². The molecule has 13 heavy (non-hydrogen) atoms. The number of imidazole rings is 1. The molecule has 1 fully saturated rings. The van der Waals surface area contributed by atoms with Crippen molar-refractivity contribution in [2.75, 3.05) is 0 Å². The molecule has 1 aromatic rings. The van der Waals surface area contributed by atoms with E-state index < -0.39 is 0 Å². The van der Waals surface area contributed by atoms with Gasteiger partial charge in [-0.2, -0.15) is 0 Å². The molecule has 2 aliphatic rings. The van der Waals surface area contributed by atoms with E-state index in [-0.39, 0.29) is 0 Å². The van der Waals surface area contributed by atoms with Crippen LogP contribution in [0.25, 0.3) is 0 Å². The molecule has 3 nitrogen and oxygen atoms in total. The van der Waals surface area contributed by atoms with Crippen LogP contribution in [0.2, 0.25) is 0 Å². The summed E-state index contributed by atoms with van der Waals surface area (Å²) in [6.45, 7) is 0.962. The fourth-order valence-corrected chi connectivity index (χ4v) is 2.36. The van der Waals surface area contributed by atoms with Crippen molar-refractivity contribution in [2.24, 2.45) is 0 Å². The first-order chi connectivity index (χ1) is 6.43. The number of aromatic nitrogens is 2. The Morgan fingerprint density at radius 3 is 3.15 bits per heavy atom. The van der Waals surface area contributed by atoms with Crippen LogP contribution in [0.3, 0.4) is 0 Å². The van der Waals surface area contributed by atoms with Crippen molar-refractivity contribution in [1.29, 1.82) is 0 Å². The molecule has 1 aromatic heterocycles. The van der Waals surface area contributed by atoms with Gasteiger partial charge in [-0.3, -0.25) is 0 Å². The summed E-state index contributed by atoms with van der Waals surface area (Å²) in [6.07, 6.45) is 9.94. The van der Waals surface area contributed by atoms with Gasteiger partial charge in [-0.15, -0.1) is 0 Å². The van der Waals surface area contributed by atoms with Gasteiger partial charge < -0.3 is 9.88 Å². The van der Waals surface area contributed by atoms with Crippen LogP contribution in [0.15, 0.2) is 24.2 Å². The first-order valence-electron chi connectivity index (χ1n) is 4.87. The molecule has 0 saturated carbocycles. The van der Waals surface area contributed by atoms with Gasteiger partial charge in [0.2, 0.25) is 0 Å². The van der Waals surface area contributed by atoms with Crippen LogP contribution >= 0.6 is 0 Å². The number of allylic oxidation sites excluding steroid dienone is 1. The van der Waals surface area contributed by atoms with E-state index in [0.717, 1.165) is 18.4 Å². The second-order valence-electron chi connectivity index (χ2n) is 3.79. The lowest BCUT2D eigenvalue weighted by molar-refractivity contribution is 0.304. The first-order valence-corrected chi connectivity index (χ1v) is 4.87. The van der Waals surface area contributed by atoms with Crippen molar-refractivity contribution < 1.29 is 0 Å². The number of aromatic amines is 1. The van der Waals surface area contributed by atoms with Crippen molar-refractivity contribution in [3.63, 3.8) is 0 Å². The molecule has 0 spiro atoms. The zero-order valence-electron chi connectivity index (χ0n) is 7.53. The lowest BCUT2D eigenvalue weighted by Gasteiger charge is -2.20. The third-order valence-corrected chi connectivity index (χ3v) is 3.04. The molecule has 0 aliphatic carbocycles. The van der Waals surface area contributed by atoms with E-state index in [4.69, 9.17) is 0 Å². The van der Waals surface area contributed by atoms with Gasteiger partial charge >= 0.3 is 0 Å². The highest BCUT2D eigenvalue weighted by Crippen LogP contribution is 2.36. The molecule has 1 saturated heterocycles. The average Bonchev–Trinajstić information content (AvgIpc) is 2.85. The molecule has 1 atom stereocenters. The standard InChI is InChI=1S/C10H13N3/c1-2-9-4-3-8(1)13(9)7-10-11-5-6-12-10/h1,5-6,9H,2-4,7H2,(H,11,12). The van der Waals surface area contributed by atoms with E-state index >= 15 is 0 Å². The minimum Gasteiger partial charge on any atom is -0.364 e. The van der Waals surface area contributed by atoms with Crippen LogP contribution in [0.1, 0.15) is 25.1 Å². The monoisotopic (exact) mass is 175 g/mol. The van der Waals surface area contributed by atoms with Gasteiger partial charge in [-0.05, 0) is 19.3 Å². The summed E-state index contributed by atoms with van der Waals surface area (Å²) in [7, 11) is 0. The van der Waals surface area contributed by atoms with Crippen molar-refractivity contribution >= 4 is 0 Å². The Labute approximate surface area is 77.5 Å². The zero-order valence-corrected chi connectivity index (χ0v) is 7.53. The maximum Gasteiger partial charge on any atom is 0.125 e. The molecule has 3 heterocycles. The molecular formula is C10H13N3. The summed E-state index contributed by atoms with van der Waals surface area (Å²) in [5.74, 6) is 1.08. The van der Waals surface area contributed by atoms with Crippen LogP contribution in [-0.2, 0) is 6.54 Å². The Morgan fingerprint density at radius 1 is 1.62 bits per heavy atom. The zero-order chi connectivity index (χ0) is 8.67. The van der Waals surface area contributed by atoms with E-state index in [9.17, 15) is 0 Å². The molecule has 1 N–H and O–H groups in total. The molecule has 68 valence electrons.